The van der Waals surface area contributed by atoms with E-state index in [2.05, 4.69) is 36.2 Å². The molecule has 0 saturated heterocycles. The van der Waals surface area contributed by atoms with Crippen molar-refractivity contribution in [2.24, 2.45) is 4.99 Å². The van der Waals surface area contributed by atoms with Crippen LogP contribution in [0.5, 0.6) is 11.5 Å². The minimum atomic E-state index is -0.110. The molecule has 0 aliphatic carbocycles. The van der Waals surface area contributed by atoms with Crippen molar-refractivity contribution in [3.8, 4) is 11.5 Å². The van der Waals surface area contributed by atoms with Crippen LogP contribution in [-0.2, 0) is 16.1 Å². The summed E-state index contributed by atoms with van der Waals surface area (Å²) >= 11 is 3.23. The first-order chi connectivity index (χ1) is 15.0. The number of thiazole rings is 1. The van der Waals surface area contributed by atoms with Crippen LogP contribution < -0.4 is 14.3 Å². The van der Waals surface area contributed by atoms with Gasteiger partial charge >= 0.3 is 0 Å². The summed E-state index contributed by atoms with van der Waals surface area (Å²) in [6.45, 7) is 3.20. The lowest BCUT2D eigenvalue weighted by Gasteiger charge is -2.09. The smallest absolute Gasteiger partial charge is 0.248 e. The molecule has 3 rings (SSSR count). The van der Waals surface area contributed by atoms with Crippen molar-refractivity contribution in [3.05, 3.63) is 46.8 Å². The molecular formula is C23H28N2O4S2. The molecular weight excluding hydrogens is 432 g/mol. The zero-order chi connectivity index (χ0) is 22.2. The van der Waals surface area contributed by atoms with Crippen molar-refractivity contribution in [2.75, 3.05) is 33.7 Å². The van der Waals surface area contributed by atoms with E-state index in [0.717, 1.165) is 22.4 Å². The minimum absolute atomic E-state index is 0.110. The normalized spacial score (nSPS) is 11.8. The number of aryl methyl sites for hydroxylation is 1. The number of ether oxygens (including phenoxy) is 3. The standard InChI is InChI=1S/C23H28N2O4S2/c1-16-7-9-17(10-8-16)30-13-5-6-22(26)24-23-25(11-12-27-2)18-14-19(28-3)20(29-4)15-21(18)31-23/h7-10,14-15H,5-6,11-13H2,1-4H3. The topological polar surface area (TPSA) is 62.1 Å². The Bertz CT molecular complexity index is 1090. The summed E-state index contributed by atoms with van der Waals surface area (Å²) in [5.74, 6) is 2.07. The van der Waals surface area contributed by atoms with Crippen LogP contribution >= 0.6 is 23.1 Å². The van der Waals surface area contributed by atoms with Gasteiger partial charge in [0.25, 0.3) is 0 Å². The zero-order valence-electron chi connectivity index (χ0n) is 18.3. The number of hydrogen-bond acceptors (Lipinski definition) is 6. The fourth-order valence-electron chi connectivity index (χ4n) is 3.09. The van der Waals surface area contributed by atoms with E-state index in [1.54, 1.807) is 33.1 Å². The number of nitrogens with zero attached hydrogens (tertiary/aromatic N) is 2. The number of aromatic nitrogens is 1. The van der Waals surface area contributed by atoms with Crippen molar-refractivity contribution in [1.29, 1.82) is 0 Å². The molecule has 6 nitrogen and oxygen atoms in total. The summed E-state index contributed by atoms with van der Waals surface area (Å²) in [6.07, 6.45) is 1.20. The molecule has 0 N–H and O–H groups in total. The molecule has 1 aromatic heterocycles. The van der Waals surface area contributed by atoms with E-state index in [-0.39, 0.29) is 5.91 Å². The molecule has 0 fully saturated rings. The highest BCUT2D eigenvalue weighted by Gasteiger charge is 2.13. The second-order valence-corrected chi connectivity index (χ2v) is 9.15. The maximum atomic E-state index is 12.6. The number of benzene rings is 2. The monoisotopic (exact) mass is 460 g/mol. The Morgan fingerprint density at radius 3 is 2.48 bits per heavy atom. The van der Waals surface area contributed by atoms with Crippen LogP contribution in [0.1, 0.15) is 18.4 Å². The second-order valence-electron chi connectivity index (χ2n) is 6.97. The molecule has 166 valence electrons. The van der Waals surface area contributed by atoms with E-state index in [9.17, 15) is 4.79 Å². The Labute approximate surface area is 190 Å². The first-order valence-electron chi connectivity index (χ1n) is 10.1. The lowest BCUT2D eigenvalue weighted by atomic mass is 10.2. The summed E-state index contributed by atoms with van der Waals surface area (Å²) in [6, 6.07) is 12.3. The van der Waals surface area contributed by atoms with Gasteiger partial charge in [-0.3, -0.25) is 4.79 Å². The molecule has 0 atom stereocenters. The number of carbonyl (C=O) groups excluding carboxylic acids is 1. The van der Waals surface area contributed by atoms with E-state index in [1.807, 2.05) is 16.7 Å². The Balaban J connectivity index is 1.75. The molecule has 1 amide bonds. The molecule has 0 unspecified atom stereocenters. The maximum Gasteiger partial charge on any atom is 0.248 e. The summed E-state index contributed by atoms with van der Waals surface area (Å²) in [5.41, 5.74) is 2.19. The Morgan fingerprint density at radius 2 is 1.81 bits per heavy atom. The predicted octanol–water partition coefficient (Wildman–Crippen LogP) is 4.67. The van der Waals surface area contributed by atoms with Gasteiger partial charge in [0.1, 0.15) is 0 Å². The second kappa shape index (κ2) is 11.4. The van der Waals surface area contributed by atoms with Crippen molar-refractivity contribution in [3.63, 3.8) is 0 Å². The predicted molar refractivity (Wildman–Crippen MR) is 127 cm³/mol. The minimum Gasteiger partial charge on any atom is -0.493 e. The summed E-state index contributed by atoms with van der Waals surface area (Å²) in [4.78, 5) is 18.9. The molecule has 0 aliphatic heterocycles. The van der Waals surface area contributed by atoms with Gasteiger partial charge in [0.15, 0.2) is 16.3 Å². The number of amides is 1. The van der Waals surface area contributed by atoms with Gasteiger partial charge in [0, 0.05) is 37.1 Å². The van der Waals surface area contributed by atoms with Gasteiger partial charge in [-0.05, 0) is 31.2 Å². The highest BCUT2D eigenvalue weighted by molar-refractivity contribution is 7.99. The van der Waals surface area contributed by atoms with Gasteiger partial charge in [-0.25, -0.2) is 0 Å². The van der Waals surface area contributed by atoms with Gasteiger partial charge in [-0.15, -0.1) is 11.8 Å². The van der Waals surface area contributed by atoms with E-state index >= 15 is 0 Å². The lowest BCUT2D eigenvalue weighted by molar-refractivity contribution is -0.118. The van der Waals surface area contributed by atoms with Crippen LogP contribution in [0.15, 0.2) is 46.3 Å². The van der Waals surface area contributed by atoms with Crippen LogP contribution in [-0.4, -0.2) is 44.2 Å². The van der Waals surface area contributed by atoms with Crippen molar-refractivity contribution >= 4 is 39.2 Å². The van der Waals surface area contributed by atoms with Gasteiger partial charge in [0.2, 0.25) is 5.91 Å². The summed E-state index contributed by atoms with van der Waals surface area (Å²) in [7, 11) is 4.88. The van der Waals surface area contributed by atoms with E-state index in [1.165, 1.54) is 21.8 Å². The third kappa shape index (κ3) is 6.12. The van der Waals surface area contributed by atoms with Crippen molar-refractivity contribution < 1.29 is 19.0 Å². The first kappa shape index (κ1) is 23.4. The highest BCUT2D eigenvalue weighted by atomic mass is 32.2. The molecule has 0 aliphatic rings. The van der Waals surface area contributed by atoms with E-state index < -0.39 is 0 Å². The summed E-state index contributed by atoms with van der Waals surface area (Å²) in [5, 5.41) is 0. The number of carbonyl (C=O) groups is 1. The van der Waals surface area contributed by atoms with E-state index in [4.69, 9.17) is 14.2 Å². The van der Waals surface area contributed by atoms with Crippen LogP contribution in [0.4, 0.5) is 0 Å². The molecule has 0 spiro atoms. The Morgan fingerprint density at radius 1 is 1.10 bits per heavy atom. The SMILES string of the molecule is COCCn1c(=NC(=O)CCCSc2ccc(C)cc2)sc2cc(OC)c(OC)cc21. The van der Waals surface area contributed by atoms with Gasteiger partial charge in [-0.2, -0.15) is 4.99 Å². The fraction of sp³-hybridized carbons (Fsp3) is 0.391. The lowest BCUT2D eigenvalue weighted by Crippen LogP contribution is -2.19. The molecule has 2 aromatic carbocycles. The number of hydrogen-bond donors (Lipinski definition) is 0. The average Bonchev–Trinajstić information content (AvgIpc) is 3.10. The van der Waals surface area contributed by atoms with Crippen LogP contribution in [0.3, 0.4) is 0 Å². The molecule has 0 saturated carbocycles. The average molecular weight is 461 g/mol. The van der Waals surface area contributed by atoms with Crippen LogP contribution in [0.2, 0.25) is 0 Å². The molecule has 0 bridgehead atoms. The summed E-state index contributed by atoms with van der Waals surface area (Å²) < 4.78 is 19.1. The number of fused-ring (bicyclic) bond motifs is 1. The number of thioether (sulfide) groups is 1. The van der Waals surface area contributed by atoms with Gasteiger partial charge < -0.3 is 18.8 Å². The zero-order valence-corrected chi connectivity index (χ0v) is 20.0. The van der Waals surface area contributed by atoms with E-state index in [0.29, 0.717) is 35.9 Å². The number of methoxy groups -OCH3 is 3. The molecule has 8 heteroatoms. The molecule has 3 aromatic rings. The first-order valence-corrected chi connectivity index (χ1v) is 11.9. The van der Waals surface area contributed by atoms with Crippen molar-refractivity contribution in [2.45, 2.75) is 31.2 Å². The maximum absolute atomic E-state index is 12.6. The Hall–Kier alpha value is -2.29. The number of rotatable bonds is 10. The third-order valence-corrected chi connectivity index (χ3v) is 6.89. The van der Waals surface area contributed by atoms with Crippen LogP contribution in [0, 0.1) is 6.92 Å². The highest BCUT2D eigenvalue weighted by Crippen LogP contribution is 2.33. The Kier molecular flexibility index (Phi) is 8.57. The fourth-order valence-corrected chi connectivity index (χ4v) is 5.03. The quantitative estimate of drug-likeness (QED) is 0.325. The van der Waals surface area contributed by atoms with Gasteiger partial charge in [-0.1, -0.05) is 29.0 Å². The molecule has 0 radical (unpaired) electrons. The van der Waals surface area contributed by atoms with Crippen molar-refractivity contribution in [1.82, 2.24) is 4.57 Å². The third-order valence-electron chi connectivity index (χ3n) is 4.75. The molecule has 31 heavy (non-hydrogen) atoms. The largest absolute Gasteiger partial charge is 0.493 e. The van der Waals surface area contributed by atoms with Gasteiger partial charge in [0.05, 0.1) is 31.0 Å². The molecule has 1 heterocycles. The van der Waals surface area contributed by atoms with Crippen LogP contribution in [0.25, 0.3) is 10.2 Å².